The van der Waals surface area contributed by atoms with Crippen LogP contribution in [0.1, 0.15) is 13.8 Å². The lowest BCUT2D eigenvalue weighted by Gasteiger charge is -2.13. The standard InChI is InChI=1S/C7H12N2O/c1-5(2)7(10)9-6(3)4-8/h6-7,9-10H,1H2,2-3H3. The molecule has 0 saturated carbocycles. The zero-order valence-electron chi connectivity index (χ0n) is 6.26. The van der Waals surface area contributed by atoms with E-state index in [2.05, 4.69) is 11.9 Å². The van der Waals surface area contributed by atoms with Gasteiger partial charge in [0, 0.05) is 0 Å². The van der Waals surface area contributed by atoms with Crippen molar-refractivity contribution in [1.29, 1.82) is 5.26 Å². The molecule has 2 N–H and O–H groups in total. The summed E-state index contributed by atoms with van der Waals surface area (Å²) in [7, 11) is 0. The quantitative estimate of drug-likeness (QED) is 0.440. The van der Waals surface area contributed by atoms with E-state index in [0.29, 0.717) is 5.57 Å². The predicted octanol–water partition coefficient (Wildman–Crippen LogP) is 0.383. The molecular formula is C7H12N2O. The lowest BCUT2D eigenvalue weighted by Crippen LogP contribution is -2.35. The molecule has 10 heavy (non-hydrogen) atoms. The Balaban J connectivity index is 3.70. The molecule has 0 spiro atoms. The third-order valence-electron chi connectivity index (χ3n) is 1.07. The van der Waals surface area contributed by atoms with Crippen LogP contribution in [0.25, 0.3) is 0 Å². The van der Waals surface area contributed by atoms with Gasteiger partial charge < -0.3 is 5.11 Å². The van der Waals surface area contributed by atoms with Crippen molar-refractivity contribution in [3.05, 3.63) is 12.2 Å². The van der Waals surface area contributed by atoms with Crippen molar-refractivity contribution < 1.29 is 5.11 Å². The van der Waals surface area contributed by atoms with E-state index in [0.717, 1.165) is 0 Å². The molecule has 0 aliphatic heterocycles. The Morgan fingerprint density at radius 2 is 2.30 bits per heavy atom. The van der Waals surface area contributed by atoms with Crippen LogP contribution in [-0.2, 0) is 0 Å². The third kappa shape index (κ3) is 3.23. The van der Waals surface area contributed by atoms with Crippen LogP contribution in [0.4, 0.5) is 0 Å². The highest BCUT2D eigenvalue weighted by atomic mass is 16.3. The number of aliphatic hydroxyl groups is 1. The van der Waals surface area contributed by atoms with Gasteiger partial charge in [0.25, 0.3) is 0 Å². The number of hydrogen-bond donors (Lipinski definition) is 2. The summed E-state index contributed by atoms with van der Waals surface area (Å²) in [5.74, 6) is 0. The van der Waals surface area contributed by atoms with Crippen LogP contribution >= 0.6 is 0 Å². The summed E-state index contributed by atoms with van der Waals surface area (Å²) < 4.78 is 0. The van der Waals surface area contributed by atoms with Gasteiger partial charge in [-0.15, -0.1) is 0 Å². The minimum Gasteiger partial charge on any atom is -0.375 e. The fraction of sp³-hybridized carbons (Fsp3) is 0.571. The molecule has 0 bridgehead atoms. The summed E-state index contributed by atoms with van der Waals surface area (Å²) in [6.45, 7) is 6.89. The molecule has 2 atom stereocenters. The molecule has 0 saturated heterocycles. The van der Waals surface area contributed by atoms with E-state index in [1.54, 1.807) is 13.8 Å². The summed E-state index contributed by atoms with van der Waals surface area (Å²) in [5, 5.41) is 20.0. The number of nitriles is 1. The maximum Gasteiger partial charge on any atom is 0.127 e. The maximum atomic E-state index is 9.07. The average Bonchev–Trinajstić information content (AvgIpc) is 1.87. The highest BCUT2D eigenvalue weighted by molar-refractivity contribution is 4.98. The Labute approximate surface area is 61.0 Å². The van der Waals surface area contributed by atoms with Crippen molar-refractivity contribution >= 4 is 0 Å². The van der Waals surface area contributed by atoms with E-state index >= 15 is 0 Å². The Morgan fingerprint density at radius 3 is 2.60 bits per heavy atom. The third-order valence-corrected chi connectivity index (χ3v) is 1.07. The van der Waals surface area contributed by atoms with Gasteiger partial charge in [-0.05, 0) is 19.4 Å². The van der Waals surface area contributed by atoms with Gasteiger partial charge in [-0.2, -0.15) is 5.26 Å². The van der Waals surface area contributed by atoms with E-state index in [1.807, 2.05) is 6.07 Å². The van der Waals surface area contributed by atoms with Gasteiger partial charge in [-0.3, -0.25) is 5.32 Å². The highest BCUT2D eigenvalue weighted by Gasteiger charge is 2.06. The Morgan fingerprint density at radius 1 is 1.80 bits per heavy atom. The Kier molecular flexibility index (Phi) is 3.70. The molecule has 0 fully saturated rings. The van der Waals surface area contributed by atoms with Crippen LogP contribution in [0.3, 0.4) is 0 Å². The molecule has 3 nitrogen and oxygen atoms in total. The number of aliphatic hydroxyl groups excluding tert-OH is 1. The molecule has 0 aliphatic rings. The Bertz CT molecular complexity index is 159. The molecule has 0 aromatic heterocycles. The molecule has 0 rings (SSSR count). The maximum absolute atomic E-state index is 9.07. The molecule has 56 valence electrons. The average molecular weight is 140 g/mol. The van der Waals surface area contributed by atoms with Crippen LogP contribution in [0, 0.1) is 11.3 Å². The van der Waals surface area contributed by atoms with E-state index in [-0.39, 0.29) is 6.04 Å². The first-order valence-electron chi connectivity index (χ1n) is 3.07. The fourth-order valence-electron chi connectivity index (χ4n) is 0.416. The molecule has 0 heterocycles. The monoisotopic (exact) mass is 140 g/mol. The fourth-order valence-corrected chi connectivity index (χ4v) is 0.416. The summed E-state index contributed by atoms with van der Waals surface area (Å²) in [4.78, 5) is 0. The minimum absolute atomic E-state index is 0.341. The molecule has 0 radical (unpaired) electrons. The van der Waals surface area contributed by atoms with Crippen LogP contribution in [-0.4, -0.2) is 17.4 Å². The van der Waals surface area contributed by atoms with Crippen LogP contribution in [0.5, 0.6) is 0 Å². The Hall–Kier alpha value is -0.850. The van der Waals surface area contributed by atoms with Gasteiger partial charge in [0.05, 0.1) is 12.1 Å². The molecule has 0 amide bonds. The summed E-state index contributed by atoms with van der Waals surface area (Å²) in [6, 6.07) is 1.60. The van der Waals surface area contributed by atoms with Crippen molar-refractivity contribution in [3.63, 3.8) is 0 Å². The first-order valence-corrected chi connectivity index (χ1v) is 3.07. The van der Waals surface area contributed by atoms with Crippen molar-refractivity contribution in [2.45, 2.75) is 26.1 Å². The first kappa shape index (κ1) is 9.15. The highest BCUT2D eigenvalue weighted by Crippen LogP contribution is 1.93. The van der Waals surface area contributed by atoms with Crippen molar-refractivity contribution in [3.8, 4) is 6.07 Å². The number of nitrogens with zero attached hydrogens (tertiary/aromatic N) is 1. The summed E-state index contributed by atoms with van der Waals surface area (Å²) in [5.41, 5.74) is 0.613. The topological polar surface area (TPSA) is 56.0 Å². The molecule has 2 unspecified atom stereocenters. The van der Waals surface area contributed by atoms with Crippen molar-refractivity contribution in [1.82, 2.24) is 5.32 Å². The second-order valence-corrected chi connectivity index (χ2v) is 2.27. The van der Waals surface area contributed by atoms with Gasteiger partial charge in [-0.1, -0.05) is 6.58 Å². The second-order valence-electron chi connectivity index (χ2n) is 2.27. The van der Waals surface area contributed by atoms with Crippen molar-refractivity contribution in [2.75, 3.05) is 0 Å². The first-order chi connectivity index (χ1) is 4.57. The van der Waals surface area contributed by atoms with Crippen molar-refractivity contribution in [2.24, 2.45) is 0 Å². The molecule has 3 heteroatoms. The number of nitrogens with one attached hydrogen (secondary N) is 1. The summed E-state index contributed by atoms with van der Waals surface area (Å²) >= 11 is 0. The lowest BCUT2D eigenvalue weighted by atomic mass is 10.3. The van der Waals surface area contributed by atoms with Gasteiger partial charge >= 0.3 is 0 Å². The van der Waals surface area contributed by atoms with E-state index in [4.69, 9.17) is 10.4 Å². The smallest absolute Gasteiger partial charge is 0.127 e. The van der Waals surface area contributed by atoms with Gasteiger partial charge in [0.1, 0.15) is 6.23 Å². The largest absolute Gasteiger partial charge is 0.375 e. The molecular weight excluding hydrogens is 128 g/mol. The SMILES string of the molecule is C=C(C)C(O)NC(C)C#N. The van der Waals surface area contributed by atoms with Gasteiger partial charge in [-0.25, -0.2) is 0 Å². The predicted molar refractivity (Wildman–Crippen MR) is 39.0 cm³/mol. The zero-order chi connectivity index (χ0) is 8.15. The molecule has 0 aromatic rings. The van der Waals surface area contributed by atoms with E-state index < -0.39 is 6.23 Å². The van der Waals surface area contributed by atoms with Gasteiger partial charge in [0.15, 0.2) is 0 Å². The van der Waals surface area contributed by atoms with Gasteiger partial charge in [0.2, 0.25) is 0 Å². The zero-order valence-corrected chi connectivity index (χ0v) is 6.26. The summed E-state index contributed by atoms with van der Waals surface area (Å²) in [6.07, 6.45) is -0.769. The van der Waals surface area contributed by atoms with Crippen LogP contribution in [0.2, 0.25) is 0 Å². The van der Waals surface area contributed by atoms with E-state index in [9.17, 15) is 0 Å². The lowest BCUT2D eigenvalue weighted by molar-refractivity contribution is 0.167. The molecule has 0 aliphatic carbocycles. The number of hydrogen-bond acceptors (Lipinski definition) is 3. The van der Waals surface area contributed by atoms with E-state index in [1.165, 1.54) is 0 Å². The normalized spacial score (nSPS) is 15.4. The van der Waals surface area contributed by atoms with Crippen LogP contribution in [0.15, 0.2) is 12.2 Å². The van der Waals surface area contributed by atoms with Crippen LogP contribution < -0.4 is 5.32 Å². The number of rotatable bonds is 3. The second kappa shape index (κ2) is 4.04. The molecule has 0 aromatic carbocycles. The minimum atomic E-state index is -0.769.